The minimum Gasteiger partial charge on any atom is -0.472 e. The number of halogens is 2. The van der Waals surface area contributed by atoms with Crippen molar-refractivity contribution in [2.45, 2.75) is 46.3 Å². The molecule has 0 aromatic carbocycles. The zero-order chi connectivity index (χ0) is 22.1. The molecule has 3 aromatic rings. The third-order valence-electron chi connectivity index (χ3n) is 5.27. The highest BCUT2D eigenvalue weighted by Crippen LogP contribution is 2.31. The second-order valence-corrected chi connectivity index (χ2v) is 7.94. The van der Waals surface area contributed by atoms with Gasteiger partial charge in [0.1, 0.15) is 16.9 Å². The summed E-state index contributed by atoms with van der Waals surface area (Å²) in [5, 5.41) is 8.28. The summed E-state index contributed by atoms with van der Waals surface area (Å²) in [6, 6.07) is 3.01. The molecule has 1 fully saturated rings. The lowest BCUT2D eigenvalue weighted by Crippen LogP contribution is -2.29. The van der Waals surface area contributed by atoms with Crippen LogP contribution in [-0.4, -0.2) is 39.1 Å². The Kier molecular flexibility index (Phi) is 5.95. The summed E-state index contributed by atoms with van der Waals surface area (Å²) >= 11 is 6.32. The van der Waals surface area contributed by atoms with Gasteiger partial charge in [0.05, 0.1) is 24.1 Å². The highest BCUT2D eigenvalue weighted by atomic mass is 35.5. The van der Waals surface area contributed by atoms with Gasteiger partial charge in [0.25, 0.3) is 5.56 Å². The van der Waals surface area contributed by atoms with Gasteiger partial charge in [0, 0.05) is 37.2 Å². The molecule has 0 bridgehead atoms. The summed E-state index contributed by atoms with van der Waals surface area (Å²) in [5.41, 5.74) is 2.26. The highest BCUT2D eigenvalue weighted by molar-refractivity contribution is 6.33. The van der Waals surface area contributed by atoms with Crippen LogP contribution in [0.5, 0.6) is 5.88 Å². The van der Waals surface area contributed by atoms with Crippen molar-refractivity contribution in [1.29, 1.82) is 0 Å². The molecule has 0 saturated carbocycles. The van der Waals surface area contributed by atoms with Crippen molar-refractivity contribution in [2.24, 2.45) is 0 Å². The first-order chi connectivity index (χ1) is 14.9. The van der Waals surface area contributed by atoms with Crippen molar-refractivity contribution in [1.82, 2.24) is 19.9 Å². The average Bonchev–Trinajstić information content (AvgIpc) is 3.31. The maximum atomic E-state index is 14.2. The number of aryl methyl sites for hydroxylation is 3. The van der Waals surface area contributed by atoms with E-state index in [4.69, 9.17) is 20.9 Å². The second kappa shape index (κ2) is 8.66. The number of aromatic nitrogens is 4. The zero-order valence-electron chi connectivity index (χ0n) is 17.6. The third-order valence-corrected chi connectivity index (χ3v) is 5.62. The second-order valence-electron chi connectivity index (χ2n) is 7.56. The van der Waals surface area contributed by atoms with Gasteiger partial charge in [-0.15, -0.1) is 0 Å². The standard InChI is InChI=1S/C21H23ClFN5O3/c1-4-6-28-21(29)20(22)16(10-24-28)27-7-5-15(11-27)30-18-9-14(8-17(23)25-18)19-12(2)26-31-13(19)3/h8-10,15H,4-7,11H2,1-3H3/t15-/m1/s1. The van der Waals surface area contributed by atoms with E-state index in [1.54, 1.807) is 26.1 Å². The summed E-state index contributed by atoms with van der Waals surface area (Å²) in [6.07, 6.45) is 2.84. The quantitative estimate of drug-likeness (QED) is 0.531. The Morgan fingerprint density at radius 1 is 1.35 bits per heavy atom. The lowest BCUT2D eigenvalue weighted by Gasteiger charge is -2.20. The number of hydrogen-bond donors (Lipinski definition) is 0. The molecule has 0 N–H and O–H groups in total. The number of hydrogen-bond acceptors (Lipinski definition) is 7. The largest absolute Gasteiger partial charge is 0.472 e. The molecule has 0 radical (unpaired) electrons. The van der Waals surface area contributed by atoms with Gasteiger partial charge in [-0.05, 0) is 25.8 Å². The van der Waals surface area contributed by atoms with E-state index < -0.39 is 5.95 Å². The molecule has 0 unspecified atom stereocenters. The molecular weight excluding hydrogens is 425 g/mol. The molecule has 0 aliphatic carbocycles. The van der Waals surface area contributed by atoms with E-state index in [0.29, 0.717) is 48.8 Å². The van der Waals surface area contributed by atoms with Gasteiger partial charge in [-0.3, -0.25) is 4.79 Å². The number of ether oxygens (including phenoxy) is 1. The maximum Gasteiger partial charge on any atom is 0.287 e. The van der Waals surface area contributed by atoms with E-state index in [1.165, 1.54) is 10.7 Å². The van der Waals surface area contributed by atoms with Crippen LogP contribution < -0.4 is 15.2 Å². The topological polar surface area (TPSA) is 86.3 Å². The lowest BCUT2D eigenvalue weighted by atomic mass is 10.1. The van der Waals surface area contributed by atoms with Gasteiger partial charge in [-0.1, -0.05) is 23.7 Å². The fourth-order valence-corrected chi connectivity index (χ4v) is 4.10. The Bertz CT molecular complexity index is 1140. The molecule has 0 spiro atoms. The number of anilines is 1. The van der Waals surface area contributed by atoms with Crippen molar-refractivity contribution >= 4 is 17.3 Å². The first kappa shape index (κ1) is 21.3. The Labute approximate surface area is 183 Å². The van der Waals surface area contributed by atoms with Crippen molar-refractivity contribution in [3.63, 3.8) is 0 Å². The molecule has 164 valence electrons. The van der Waals surface area contributed by atoms with E-state index in [-0.39, 0.29) is 22.6 Å². The highest BCUT2D eigenvalue weighted by Gasteiger charge is 2.28. The lowest BCUT2D eigenvalue weighted by molar-refractivity contribution is 0.213. The first-order valence-electron chi connectivity index (χ1n) is 10.2. The van der Waals surface area contributed by atoms with Crippen molar-refractivity contribution in [3.05, 3.63) is 51.1 Å². The van der Waals surface area contributed by atoms with Crippen LogP contribution in [0.2, 0.25) is 5.02 Å². The molecule has 1 saturated heterocycles. The Balaban J connectivity index is 1.52. The zero-order valence-corrected chi connectivity index (χ0v) is 18.3. The van der Waals surface area contributed by atoms with E-state index in [9.17, 15) is 9.18 Å². The molecule has 10 heteroatoms. The van der Waals surface area contributed by atoms with Gasteiger partial charge in [-0.25, -0.2) is 4.68 Å². The normalized spacial score (nSPS) is 16.2. The van der Waals surface area contributed by atoms with Crippen LogP contribution in [0.15, 0.2) is 27.6 Å². The van der Waals surface area contributed by atoms with Gasteiger partial charge < -0.3 is 14.2 Å². The Morgan fingerprint density at radius 3 is 2.87 bits per heavy atom. The minimum atomic E-state index is -0.644. The number of pyridine rings is 1. The molecule has 8 nitrogen and oxygen atoms in total. The molecule has 3 aromatic heterocycles. The van der Waals surface area contributed by atoms with E-state index in [1.807, 2.05) is 11.8 Å². The Morgan fingerprint density at radius 2 is 2.16 bits per heavy atom. The molecule has 1 aliphatic heterocycles. The van der Waals surface area contributed by atoms with Crippen LogP contribution in [0.25, 0.3) is 11.1 Å². The molecule has 1 atom stereocenters. The van der Waals surface area contributed by atoms with Gasteiger partial charge in [0.15, 0.2) is 0 Å². The predicted molar refractivity (Wildman–Crippen MR) is 114 cm³/mol. The molecule has 0 amide bonds. The van der Waals surface area contributed by atoms with Crippen molar-refractivity contribution < 1.29 is 13.7 Å². The third kappa shape index (κ3) is 4.27. The van der Waals surface area contributed by atoms with Gasteiger partial charge in [-0.2, -0.15) is 14.5 Å². The van der Waals surface area contributed by atoms with Crippen LogP contribution in [-0.2, 0) is 6.54 Å². The SMILES string of the molecule is CCCn1ncc(N2CC[C@@H](Oc3cc(-c4c(C)noc4C)cc(F)n3)C2)c(Cl)c1=O. The minimum absolute atomic E-state index is 0.147. The van der Waals surface area contributed by atoms with E-state index in [0.717, 1.165) is 12.0 Å². The number of rotatable bonds is 6. The van der Waals surface area contributed by atoms with Gasteiger partial charge >= 0.3 is 0 Å². The fourth-order valence-electron chi connectivity index (χ4n) is 3.83. The van der Waals surface area contributed by atoms with Crippen LogP contribution in [0.3, 0.4) is 0 Å². The molecule has 4 heterocycles. The van der Waals surface area contributed by atoms with Crippen molar-refractivity contribution in [3.8, 4) is 17.0 Å². The molecule has 1 aliphatic rings. The monoisotopic (exact) mass is 447 g/mol. The molecular formula is C21H23ClFN5O3. The maximum absolute atomic E-state index is 14.2. The fraction of sp³-hybridized carbons (Fsp3) is 0.429. The average molecular weight is 448 g/mol. The van der Waals surface area contributed by atoms with Crippen LogP contribution >= 0.6 is 11.6 Å². The van der Waals surface area contributed by atoms with Crippen LogP contribution in [0, 0.1) is 19.8 Å². The summed E-state index contributed by atoms with van der Waals surface area (Å²) in [7, 11) is 0. The van der Waals surface area contributed by atoms with Gasteiger partial charge in [0.2, 0.25) is 11.8 Å². The first-order valence-corrected chi connectivity index (χ1v) is 10.5. The van der Waals surface area contributed by atoms with Crippen LogP contribution in [0.1, 0.15) is 31.2 Å². The summed E-state index contributed by atoms with van der Waals surface area (Å²) in [6.45, 7) is 7.17. The summed E-state index contributed by atoms with van der Waals surface area (Å²) in [4.78, 5) is 18.2. The molecule has 4 rings (SSSR count). The molecule has 31 heavy (non-hydrogen) atoms. The van der Waals surface area contributed by atoms with Crippen LogP contribution in [0.4, 0.5) is 10.1 Å². The Hall–Kier alpha value is -2.94. The summed E-state index contributed by atoms with van der Waals surface area (Å²) in [5.74, 6) is 0.139. The number of nitrogens with zero attached hydrogens (tertiary/aromatic N) is 5. The predicted octanol–water partition coefficient (Wildman–Crippen LogP) is 3.77. The summed E-state index contributed by atoms with van der Waals surface area (Å²) < 4.78 is 26.7. The van der Waals surface area contributed by atoms with Crippen molar-refractivity contribution in [2.75, 3.05) is 18.0 Å². The van der Waals surface area contributed by atoms with E-state index in [2.05, 4.69) is 15.2 Å². The van der Waals surface area contributed by atoms with E-state index >= 15 is 0 Å². The smallest absolute Gasteiger partial charge is 0.287 e.